The normalized spacial score (nSPS) is 14.9. The van der Waals surface area contributed by atoms with Crippen LogP contribution in [-0.2, 0) is 0 Å². The van der Waals surface area contributed by atoms with E-state index in [1.165, 1.54) is 0 Å². The van der Waals surface area contributed by atoms with Gasteiger partial charge in [0.1, 0.15) is 5.82 Å². The number of pyridine rings is 2. The van der Waals surface area contributed by atoms with E-state index < -0.39 is 0 Å². The van der Waals surface area contributed by atoms with Crippen LogP contribution in [0.3, 0.4) is 0 Å². The largest absolute Gasteiger partial charge is 0.494 e. The van der Waals surface area contributed by atoms with Gasteiger partial charge in [-0.2, -0.15) is 0 Å². The smallest absolute Gasteiger partial charge is 0.258 e. The minimum Gasteiger partial charge on any atom is -0.494 e. The van der Waals surface area contributed by atoms with Crippen LogP contribution in [0, 0.1) is 3.57 Å². The number of aromatic amines is 1. The number of anilines is 1. The summed E-state index contributed by atoms with van der Waals surface area (Å²) < 4.78 is 0.974. The van der Waals surface area contributed by atoms with Crippen LogP contribution in [0.1, 0.15) is 5.56 Å². The summed E-state index contributed by atoms with van der Waals surface area (Å²) in [6, 6.07) is 9.31. The zero-order valence-electron chi connectivity index (χ0n) is 14.4. The number of aromatic nitrogens is 2. The van der Waals surface area contributed by atoms with Crippen molar-refractivity contribution in [1.29, 1.82) is 0 Å². The number of aliphatic imine (C=N–C) groups is 1. The maximum atomic E-state index is 12.0. The fourth-order valence-electron chi connectivity index (χ4n) is 3.11. The number of H-pyrrole nitrogens is 1. The van der Waals surface area contributed by atoms with Gasteiger partial charge in [0, 0.05) is 46.7 Å². The van der Waals surface area contributed by atoms with Gasteiger partial charge in [-0.15, -0.1) is 0 Å². The highest BCUT2D eigenvalue weighted by Crippen LogP contribution is 2.24. The lowest BCUT2D eigenvalue weighted by molar-refractivity contribution is 0.452. The minimum absolute atomic E-state index is 0.191. The van der Waals surface area contributed by atoms with E-state index in [4.69, 9.17) is 0 Å². The van der Waals surface area contributed by atoms with Crippen LogP contribution in [0.15, 0.2) is 46.3 Å². The summed E-state index contributed by atoms with van der Waals surface area (Å²) in [7, 11) is 0. The van der Waals surface area contributed by atoms with E-state index in [0.717, 1.165) is 35.6 Å². The average Bonchev–Trinajstić information content (AvgIpc) is 2.68. The molecule has 0 amide bonds. The molecular weight excluding hydrogens is 457 g/mol. The fourth-order valence-corrected chi connectivity index (χ4v) is 3.60. The van der Waals surface area contributed by atoms with Gasteiger partial charge in [-0.1, -0.05) is 0 Å². The van der Waals surface area contributed by atoms with Crippen molar-refractivity contribution in [1.82, 2.24) is 15.3 Å². The molecule has 0 spiro atoms. The summed E-state index contributed by atoms with van der Waals surface area (Å²) in [4.78, 5) is 25.7. The number of halogens is 1. The summed E-state index contributed by atoms with van der Waals surface area (Å²) in [5.41, 5.74) is 0.839. The van der Waals surface area contributed by atoms with E-state index in [-0.39, 0.29) is 11.4 Å². The van der Waals surface area contributed by atoms with Crippen LogP contribution in [-0.4, -0.2) is 47.5 Å². The number of rotatable bonds is 3. The maximum absolute atomic E-state index is 12.0. The Labute approximate surface area is 169 Å². The van der Waals surface area contributed by atoms with Gasteiger partial charge in [0.05, 0.1) is 17.4 Å². The number of hydrogen-bond acceptors (Lipinski definition) is 6. The van der Waals surface area contributed by atoms with E-state index in [2.05, 4.69) is 47.8 Å². The Bertz CT molecular complexity index is 1060. The number of hydrogen-bond donors (Lipinski definition) is 3. The highest BCUT2D eigenvalue weighted by Gasteiger charge is 2.12. The predicted molar refractivity (Wildman–Crippen MR) is 116 cm³/mol. The standard InChI is InChI=1S/C19H18IN5O2/c20-12-1-3-14-15(9-12)16(19(27)24-18(14)26)11-22-13-2-4-17(23-10-13)25-7-5-21-6-8-25/h1-4,9-11,21H,5-8H2,(H2,24,26,27). The Kier molecular flexibility index (Phi) is 5.08. The summed E-state index contributed by atoms with van der Waals surface area (Å²) in [5, 5.41) is 14.7. The number of fused-ring (bicyclic) bond motifs is 1. The van der Waals surface area contributed by atoms with Gasteiger partial charge in [-0.05, 0) is 52.9 Å². The molecular formula is C19H18IN5O2. The molecule has 0 atom stereocenters. The SMILES string of the molecule is O=c1[nH]c(O)c(C=Nc2ccc(N3CCNCC3)nc2)c2cc(I)ccc12. The van der Waals surface area contributed by atoms with Crippen molar-refractivity contribution in [2.24, 2.45) is 4.99 Å². The molecule has 0 unspecified atom stereocenters. The van der Waals surface area contributed by atoms with Crippen molar-refractivity contribution in [3.05, 3.63) is 56.0 Å². The van der Waals surface area contributed by atoms with Crippen LogP contribution in [0.4, 0.5) is 11.5 Å². The number of piperazine rings is 1. The molecule has 3 N–H and O–H groups in total. The van der Waals surface area contributed by atoms with E-state index in [9.17, 15) is 9.90 Å². The molecule has 1 aliphatic rings. The molecule has 1 aliphatic heterocycles. The third-order valence-electron chi connectivity index (χ3n) is 4.52. The van der Waals surface area contributed by atoms with Crippen LogP contribution < -0.4 is 15.8 Å². The second-order valence-corrected chi connectivity index (χ2v) is 7.52. The van der Waals surface area contributed by atoms with Gasteiger partial charge in [-0.3, -0.25) is 14.8 Å². The Morgan fingerprint density at radius 2 is 2.00 bits per heavy atom. The molecule has 0 bridgehead atoms. The van der Waals surface area contributed by atoms with Gasteiger partial charge in [0.15, 0.2) is 0 Å². The molecule has 4 rings (SSSR count). The molecule has 2 aromatic heterocycles. The molecule has 3 heterocycles. The van der Waals surface area contributed by atoms with Gasteiger partial charge in [0.2, 0.25) is 5.88 Å². The van der Waals surface area contributed by atoms with Gasteiger partial charge >= 0.3 is 0 Å². The second kappa shape index (κ2) is 7.65. The summed E-state index contributed by atoms with van der Waals surface area (Å²) >= 11 is 2.18. The van der Waals surface area contributed by atoms with Gasteiger partial charge in [0.25, 0.3) is 5.56 Å². The quantitative estimate of drug-likeness (QED) is 0.400. The Morgan fingerprint density at radius 1 is 1.19 bits per heavy atom. The Hall–Kier alpha value is -2.46. The summed E-state index contributed by atoms with van der Waals surface area (Å²) in [6.45, 7) is 3.79. The number of aromatic hydroxyl groups is 1. The first-order valence-electron chi connectivity index (χ1n) is 8.62. The van der Waals surface area contributed by atoms with Crippen LogP contribution in [0.5, 0.6) is 5.88 Å². The molecule has 1 saturated heterocycles. The third kappa shape index (κ3) is 3.81. The maximum Gasteiger partial charge on any atom is 0.258 e. The fraction of sp³-hybridized carbons (Fsp3) is 0.211. The summed E-state index contributed by atoms with van der Waals surface area (Å²) in [6.07, 6.45) is 3.27. The van der Waals surface area contributed by atoms with Crippen molar-refractivity contribution in [2.75, 3.05) is 31.1 Å². The number of nitrogens with one attached hydrogen (secondary N) is 2. The first-order valence-corrected chi connectivity index (χ1v) is 9.70. The molecule has 0 aliphatic carbocycles. The second-order valence-electron chi connectivity index (χ2n) is 6.28. The van der Waals surface area contributed by atoms with E-state index in [0.29, 0.717) is 22.0 Å². The van der Waals surface area contributed by atoms with Crippen molar-refractivity contribution >= 4 is 51.1 Å². The van der Waals surface area contributed by atoms with Crippen LogP contribution >= 0.6 is 22.6 Å². The van der Waals surface area contributed by atoms with Crippen molar-refractivity contribution < 1.29 is 5.11 Å². The van der Waals surface area contributed by atoms with Crippen LogP contribution in [0.2, 0.25) is 0 Å². The Balaban J connectivity index is 1.65. The molecule has 0 saturated carbocycles. The lowest BCUT2D eigenvalue weighted by Gasteiger charge is -2.28. The third-order valence-corrected chi connectivity index (χ3v) is 5.19. The molecule has 7 nitrogen and oxygen atoms in total. The Morgan fingerprint density at radius 3 is 2.74 bits per heavy atom. The van der Waals surface area contributed by atoms with Crippen LogP contribution in [0.25, 0.3) is 10.8 Å². The molecule has 8 heteroatoms. The monoisotopic (exact) mass is 475 g/mol. The lowest BCUT2D eigenvalue weighted by Crippen LogP contribution is -2.43. The average molecular weight is 475 g/mol. The van der Waals surface area contributed by atoms with Crippen molar-refractivity contribution in [2.45, 2.75) is 0 Å². The molecule has 27 heavy (non-hydrogen) atoms. The first kappa shape index (κ1) is 17.9. The molecule has 3 aromatic rings. The van der Waals surface area contributed by atoms with Gasteiger partial charge < -0.3 is 15.3 Å². The predicted octanol–water partition coefficient (Wildman–Crippen LogP) is 2.39. The zero-order chi connectivity index (χ0) is 18.8. The number of nitrogens with zero attached hydrogens (tertiary/aromatic N) is 3. The highest BCUT2D eigenvalue weighted by molar-refractivity contribution is 14.1. The molecule has 1 fully saturated rings. The molecule has 1 aromatic carbocycles. The lowest BCUT2D eigenvalue weighted by atomic mass is 10.1. The highest BCUT2D eigenvalue weighted by atomic mass is 127. The zero-order valence-corrected chi connectivity index (χ0v) is 16.6. The molecule has 138 valence electrons. The topological polar surface area (TPSA) is 93.6 Å². The van der Waals surface area contributed by atoms with E-state index in [1.807, 2.05) is 24.3 Å². The van der Waals surface area contributed by atoms with Gasteiger partial charge in [-0.25, -0.2) is 4.98 Å². The minimum atomic E-state index is -0.321. The van der Waals surface area contributed by atoms with Crippen molar-refractivity contribution in [3.8, 4) is 5.88 Å². The summed E-state index contributed by atoms with van der Waals surface area (Å²) in [5.74, 6) is 0.742. The first-order chi connectivity index (χ1) is 13.1. The molecule has 0 radical (unpaired) electrons. The van der Waals surface area contributed by atoms with E-state index >= 15 is 0 Å². The number of benzene rings is 1. The van der Waals surface area contributed by atoms with E-state index in [1.54, 1.807) is 18.5 Å². The van der Waals surface area contributed by atoms with Crippen molar-refractivity contribution in [3.63, 3.8) is 0 Å².